The van der Waals surface area contributed by atoms with Gasteiger partial charge in [-0.3, -0.25) is 4.72 Å². The summed E-state index contributed by atoms with van der Waals surface area (Å²) in [6.07, 6.45) is 0. The highest BCUT2D eigenvalue weighted by Crippen LogP contribution is 2.21. The average molecular weight is 324 g/mol. The van der Waals surface area contributed by atoms with E-state index in [2.05, 4.69) is 4.72 Å². The topological polar surface area (TPSA) is 72.2 Å². The molecule has 0 aromatic heterocycles. The minimum absolute atomic E-state index is 0.00464. The summed E-state index contributed by atoms with van der Waals surface area (Å²) in [7, 11) is -3.76. The van der Waals surface area contributed by atoms with Gasteiger partial charge in [0.05, 0.1) is 4.90 Å². The smallest absolute Gasteiger partial charge is 0.262 e. The molecular formula is C14H13FN2O2S2. The molecule has 21 heavy (non-hydrogen) atoms. The lowest BCUT2D eigenvalue weighted by Crippen LogP contribution is -2.16. The van der Waals surface area contributed by atoms with Gasteiger partial charge in [-0.2, -0.15) is 0 Å². The Morgan fingerprint density at radius 1 is 1.24 bits per heavy atom. The Hall–Kier alpha value is -1.99. The first-order chi connectivity index (χ1) is 9.81. The maximum absolute atomic E-state index is 13.5. The predicted octanol–water partition coefficient (Wildman–Crippen LogP) is 2.57. The van der Waals surface area contributed by atoms with Crippen LogP contribution in [0.4, 0.5) is 10.1 Å². The second kappa shape index (κ2) is 5.79. The zero-order valence-corrected chi connectivity index (χ0v) is 12.8. The quantitative estimate of drug-likeness (QED) is 0.848. The second-order valence-electron chi connectivity index (χ2n) is 4.43. The minimum Gasteiger partial charge on any atom is -0.389 e. The van der Waals surface area contributed by atoms with E-state index in [1.54, 1.807) is 25.1 Å². The SMILES string of the molecule is Cc1ccccc1S(=O)(=O)Nc1ccc(F)c(C(N)=S)c1. The lowest BCUT2D eigenvalue weighted by atomic mass is 10.2. The molecule has 0 fully saturated rings. The first-order valence-corrected chi connectivity index (χ1v) is 7.88. The van der Waals surface area contributed by atoms with Gasteiger partial charge in [0.2, 0.25) is 0 Å². The molecule has 2 aromatic carbocycles. The largest absolute Gasteiger partial charge is 0.389 e. The third-order valence-electron chi connectivity index (χ3n) is 2.87. The highest BCUT2D eigenvalue weighted by atomic mass is 32.2. The molecule has 0 spiro atoms. The van der Waals surface area contributed by atoms with Crippen molar-refractivity contribution < 1.29 is 12.8 Å². The van der Waals surface area contributed by atoms with E-state index < -0.39 is 15.8 Å². The maximum atomic E-state index is 13.5. The zero-order valence-electron chi connectivity index (χ0n) is 11.1. The Bertz CT molecular complexity index is 804. The molecule has 2 aromatic rings. The van der Waals surface area contributed by atoms with Crippen LogP contribution >= 0.6 is 12.2 Å². The maximum Gasteiger partial charge on any atom is 0.262 e. The van der Waals surface area contributed by atoms with Crippen LogP contribution in [0, 0.1) is 12.7 Å². The van der Waals surface area contributed by atoms with E-state index in [1.165, 1.54) is 18.2 Å². The Balaban J connectivity index is 2.40. The molecule has 0 aliphatic rings. The minimum atomic E-state index is -3.76. The summed E-state index contributed by atoms with van der Waals surface area (Å²) in [6, 6.07) is 10.3. The van der Waals surface area contributed by atoms with Crippen LogP contribution in [-0.2, 0) is 10.0 Å². The molecule has 0 amide bonds. The van der Waals surface area contributed by atoms with Crippen molar-refractivity contribution in [3.8, 4) is 0 Å². The third-order valence-corrected chi connectivity index (χ3v) is 4.63. The van der Waals surface area contributed by atoms with Crippen LogP contribution in [0.15, 0.2) is 47.4 Å². The van der Waals surface area contributed by atoms with E-state index in [4.69, 9.17) is 18.0 Å². The molecule has 3 N–H and O–H groups in total. The molecular weight excluding hydrogens is 311 g/mol. The van der Waals surface area contributed by atoms with Crippen molar-refractivity contribution in [1.82, 2.24) is 0 Å². The van der Waals surface area contributed by atoms with Gasteiger partial charge in [0, 0.05) is 11.3 Å². The summed E-state index contributed by atoms with van der Waals surface area (Å²) in [6.45, 7) is 1.69. The van der Waals surface area contributed by atoms with Gasteiger partial charge in [-0.25, -0.2) is 12.8 Å². The summed E-state index contributed by atoms with van der Waals surface area (Å²) < 4.78 is 40.5. The van der Waals surface area contributed by atoms with Gasteiger partial charge in [-0.05, 0) is 36.8 Å². The van der Waals surface area contributed by atoms with Gasteiger partial charge in [0.1, 0.15) is 10.8 Å². The van der Waals surface area contributed by atoms with Crippen LogP contribution in [0.25, 0.3) is 0 Å². The van der Waals surface area contributed by atoms with Crippen molar-refractivity contribution in [2.75, 3.05) is 4.72 Å². The summed E-state index contributed by atoms with van der Waals surface area (Å²) in [5.41, 5.74) is 6.20. The van der Waals surface area contributed by atoms with Crippen molar-refractivity contribution in [3.63, 3.8) is 0 Å². The lowest BCUT2D eigenvalue weighted by molar-refractivity contribution is 0.600. The highest BCUT2D eigenvalue weighted by molar-refractivity contribution is 7.92. The van der Waals surface area contributed by atoms with Crippen molar-refractivity contribution in [3.05, 3.63) is 59.4 Å². The number of hydrogen-bond acceptors (Lipinski definition) is 3. The number of anilines is 1. The number of sulfonamides is 1. The first-order valence-electron chi connectivity index (χ1n) is 5.99. The van der Waals surface area contributed by atoms with Gasteiger partial charge >= 0.3 is 0 Å². The molecule has 0 atom stereocenters. The molecule has 0 radical (unpaired) electrons. The molecule has 0 unspecified atom stereocenters. The fourth-order valence-corrected chi connectivity index (χ4v) is 3.30. The number of aryl methyl sites for hydroxylation is 1. The molecule has 0 aliphatic carbocycles. The number of rotatable bonds is 4. The molecule has 0 heterocycles. The van der Waals surface area contributed by atoms with Crippen LogP contribution in [0.1, 0.15) is 11.1 Å². The standard InChI is InChI=1S/C14H13FN2O2S2/c1-9-4-2-3-5-13(9)21(18,19)17-10-6-7-12(15)11(8-10)14(16)20/h2-8,17H,1H3,(H2,16,20). The normalized spacial score (nSPS) is 11.1. The van der Waals surface area contributed by atoms with E-state index in [0.717, 1.165) is 6.07 Å². The van der Waals surface area contributed by atoms with E-state index in [1.807, 2.05) is 0 Å². The second-order valence-corrected chi connectivity index (χ2v) is 6.52. The lowest BCUT2D eigenvalue weighted by Gasteiger charge is -2.11. The van der Waals surface area contributed by atoms with Crippen molar-refractivity contribution in [2.24, 2.45) is 5.73 Å². The van der Waals surface area contributed by atoms with E-state index in [-0.39, 0.29) is 21.1 Å². The number of nitrogens with one attached hydrogen (secondary N) is 1. The average Bonchev–Trinajstić information content (AvgIpc) is 2.40. The first kappa shape index (κ1) is 15.4. The van der Waals surface area contributed by atoms with Crippen LogP contribution in [0.5, 0.6) is 0 Å². The molecule has 2 rings (SSSR count). The van der Waals surface area contributed by atoms with E-state index in [0.29, 0.717) is 5.56 Å². The Morgan fingerprint density at radius 3 is 2.52 bits per heavy atom. The summed E-state index contributed by atoms with van der Waals surface area (Å²) in [5, 5.41) is 0. The summed E-state index contributed by atoms with van der Waals surface area (Å²) >= 11 is 4.73. The summed E-state index contributed by atoms with van der Waals surface area (Å²) in [5.74, 6) is -0.596. The third kappa shape index (κ3) is 3.37. The van der Waals surface area contributed by atoms with Crippen LogP contribution in [0.2, 0.25) is 0 Å². The monoisotopic (exact) mass is 324 g/mol. The van der Waals surface area contributed by atoms with E-state index in [9.17, 15) is 12.8 Å². The number of halogens is 1. The number of thiocarbonyl (C=S) groups is 1. The fraction of sp³-hybridized carbons (Fsp3) is 0.0714. The van der Waals surface area contributed by atoms with Crippen molar-refractivity contribution >= 4 is 32.9 Å². The molecule has 0 bridgehead atoms. The van der Waals surface area contributed by atoms with Gasteiger partial charge in [0.25, 0.3) is 10.0 Å². The van der Waals surface area contributed by atoms with Crippen molar-refractivity contribution in [1.29, 1.82) is 0 Å². The Morgan fingerprint density at radius 2 is 1.90 bits per heavy atom. The molecule has 4 nitrogen and oxygen atoms in total. The van der Waals surface area contributed by atoms with Crippen LogP contribution < -0.4 is 10.5 Å². The fourth-order valence-electron chi connectivity index (χ4n) is 1.85. The molecule has 7 heteroatoms. The van der Waals surface area contributed by atoms with Gasteiger partial charge in [0.15, 0.2) is 0 Å². The number of hydrogen-bond donors (Lipinski definition) is 2. The summed E-state index contributed by atoms with van der Waals surface area (Å²) in [4.78, 5) is 0.0237. The molecule has 110 valence electrons. The van der Waals surface area contributed by atoms with Crippen LogP contribution in [0.3, 0.4) is 0 Å². The van der Waals surface area contributed by atoms with Crippen molar-refractivity contribution in [2.45, 2.75) is 11.8 Å². The van der Waals surface area contributed by atoms with Gasteiger partial charge < -0.3 is 5.73 Å². The highest BCUT2D eigenvalue weighted by Gasteiger charge is 2.17. The van der Waals surface area contributed by atoms with Gasteiger partial charge in [-0.1, -0.05) is 30.4 Å². The predicted molar refractivity (Wildman–Crippen MR) is 84.3 cm³/mol. The molecule has 0 saturated carbocycles. The van der Waals surface area contributed by atoms with Crippen LogP contribution in [-0.4, -0.2) is 13.4 Å². The Labute approximate surface area is 127 Å². The number of nitrogens with two attached hydrogens (primary N) is 1. The number of benzene rings is 2. The Kier molecular flexibility index (Phi) is 4.24. The zero-order chi connectivity index (χ0) is 15.6. The molecule has 0 saturated heterocycles. The molecule has 0 aliphatic heterocycles. The van der Waals surface area contributed by atoms with E-state index >= 15 is 0 Å². The van der Waals surface area contributed by atoms with Gasteiger partial charge in [-0.15, -0.1) is 0 Å².